The Morgan fingerprint density at radius 3 is 2.27 bits per heavy atom. The van der Waals surface area contributed by atoms with Gasteiger partial charge in [-0.2, -0.15) is 0 Å². The van der Waals surface area contributed by atoms with Gasteiger partial charge in [-0.3, -0.25) is 14.4 Å². The van der Waals surface area contributed by atoms with Gasteiger partial charge in [0.1, 0.15) is 24.0 Å². The van der Waals surface area contributed by atoms with E-state index in [4.69, 9.17) is 18.9 Å². The number of hydrogen-bond acceptors (Lipinski definition) is 12. The minimum atomic E-state index is -2.58. The van der Waals surface area contributed by atoms with Crippen LogP contribution in [0.3, 0.4) is 0 Å². The Balaban J connectivity index is 1.75. The lowest BCUT2D eigenvalue weighted by Gasteiger charge is -2.46. The lowest BCUT2D eigenvalue weighted by molar-refractivity contribution is -0.301. The summed E-state index contributed by atoms with van der Waals surface area (Å²) in [5.74, 6) is -7.97. The summed E-state index contributed by atoms with van der Waals surface area (Å²) in [6.45, 7) is 11.0. The summed E-state index contributed by atoms with van der Waals surface area (Å²) < 4.78 is 23.4. The third-order valence-electron chi connectivity index (χ3n) is 12.6. The summed E-state index contributed by atoms with van der Waals surface area (Å²) in [6, 6.07) is -1.16. The molecule has 0 spiro atoms. The second-order valence-corrected chi connectivity index (χ2v) is 16.9. The second kappa shape index (κ2) is 19.8. The Morgan fingerprint density at radius 1 is 0.927 bits per heavy atom. The molecule has 14 atom stereocenters. The zero-order valence-electron chi connectivity index (χ0n) is 34.1. The number of fused-ring (bicyclic) bond motifs is 3. The zero-order chi connectivity index (χ0) is 40.8. The second-order valence-electron chi connectivity index (χ2n) is 16.9. The van der Waals surface area contributed by atoms with Gasteiger partial charge < -0.3 is 44.3 Å². The van der Waals surface area contributed by atoms with Gasteiger partial charge in [-0.05, 0) is 95.5 Å². The van der Waals surface area contributed by atoms with E-state index in [9.17, 15) is 39.6 Å². The van der Waals surface area contributed by atoms with E-state index in [-0.39, 0.29) is 56.0 Å². The highest BCUT2D eigenvalue weighted by molar-refractivity contribution is 6.39. The monoisotopic (exact) mass is 777 g/mol. The van der Waals surface area contributed by atoms with Crippen molar-refractivity contribution in [1.82, 2.24) is 4.90 Å². The average molecular weight is 778 g/mol. The molecule has 4 rings (SSSR count). The Morgan fingerprint density at radius 2 is 1.62 bits per heavy atom. The van der Waals surface area contributed by atoms with Crippen molar-refractivity contribution >= 4 is 23.4 Å². The number of aliphatic hydroxyl groups is 4. The number of carbonyl (C=O) groups is 4. The summed E-state index contributed by atoms with van der Waals surface area (Å²) in [6.07, 6.45) is 2.15. The van der Waals surface area contributed by atoms with Crippen LogP contribution in [0.5, 0.6) is 0 Å². The van der Waals surface area contributed by atoms with Gasteiger partial charge in [0.2, 0.25) is 5.79 Å². The summed E-state index contributed by atoms with van der Waals surface area (Å²) in [4.78, 5) is 57.3. The number of esters is 1. The molecule has 1 saturated carbocycles. The lowest BCUT2D eigenvalue weighted by atomic mass is 9.81. The highest BCUT2D eigenvalue weighted by Gasteiger charge is 2.56. The van der Waals surface area contributed by atoms with Crippen LogP contribution < -0.4 is 0 Å². The van der Waals surface area contributed by atoms with Crippen molar-refractivity contribution in [2.75, 3.05) is 20.8 Å². The van der Waals surface area contributed by atoms with Gasteiger partial charge in [-0.1, -0.05) is 45.4 Å². The van der Waals surface area contributed by atoms with Crippen molar-refractivity contribution in [3.8, 4) is 0 Å². The Hall–Kier alpha value is -2.52. The molecule has 0 radical (unpaired) electrons. The molecular weight excluding hydrogens is 710 g/mol. The molecule has 0 aromatic rings. The molecule has 3 heterocycles. The predicted octanol–water partition coefficient (Wildman–Crippen LogP) is 3.82. The molecule has 13 nitrogen and oxygen atoms in total. The van der Waals surface area contributed by atoms with E-state index in [1.165, 1.54) is 7.11 Å². The Bertz CT molecular complexity index is 1410. The standard InChI is InChI=1S/C42H67NO12/c1-9-29-17-23(2)16-24(3)18-34(47)38-36(53-8)20-26(5)42(51,55-38)39(48)40(49)43-15-11-10-12-30(43)41(50)54-37(27(6)32(45)22-33(29)46)25(4)19-28-13-14-31(44)35(21-28)52-7/h17,19,24,26-32,34-38,44-45,47,51H,9-16,18,20-22H2,1-8H3/b23-17+,25-19+/t24-,26+,27+,28?,29+,30-,31+,32-,34-,35+,36-,37+,38+,42+/m0/s1. The third-order valence-corrected chi connectivity index (χ3v) is 12.6. The Kier molecular flexibility index (Phi) is 16.2. The van der Waals surface area contributed by atoms with Crippen LogP contribution in [-0.4, -0.2) is 124 Å². The van der Waals surface area contributed by atoms with Crippen LogP contribution in [-0.2, 0) is 38.1 Å². The maximum Gasteiger partial charge on any atom is 0.329 e. The first kappa shape index (κ1) is 45.2. The zero-order valence-corrected chi connectivity index (χ0v) is 34.1. The van der Waals surface area contributed by atoms with E-state index in [0.29, 0.717) is 50.5 Å². The fourth-order valence-electron chi connectivity index (χ4n) is 9.19. The van der Waals surface area contributed by atoms with Gasteiger partial charge in [0, 0.05) is 44.9 Å². The summed E-state index contributed by atoms with van der Waals surface area (Å²) in [7, 11) is 3.02. The van der Waals surface area contributed by atoms with Gasteiger partial charge in [0.25, 0.3) is 11.7 Å². The number of methoxy groups -OCH3 is 2. The molecule has 3 aliphatic heterocycles. The number of cyclic esters (lactones) is 1. The molecule has 4 N–H and O–H groups in total. The van der Waals surface area contributed by atoms with Crippen LogP contribution in [0.15, 0.2) is 23.3 Å². The lowest BCUT2D eigenvalue weighted by Crippen LogP contribution is -2.64. The van der Waals surface area contributed by atoms with Gasteiger partial charge in [0.05, 0.1) is 30.5 Å². The summed E-state index contributed by atoms with van der Waals surface area (Å²) in [5, 5.41) is 45.3. The molecule has 0 aromatic heterocycles. The van der Waals surface area contributed by atoms with E-state index in [1.807, 2.05) is 39.8 Å². The molecule has 312 valence electrons. The number of aliphatic hydroxyl groups excluding tert-OH is 3. The smallest absolute Gasteiger partial charge is 0.329 e. The number of Topliss-reactive ketones (excluding diaryl/α,β-unsaturated/α-hetero) is 2. The molecule has 1 unspecified atom stereocenters. The van der Waals surface area contributed by atoms with E-state index in [1.54, 1.807) is 21.0 Å². The van der Waals surface area contributed by atoms with Crippen molar-refractivity contribution in [3.63, 3.8) is 0 Å². The maximum absolute atomic E-state index is 14.2. The van der Waals surface area contributed by atoms with Gasteiger partial charge in [0.15, 0.2) is 0 Å². The first-order chi connectivity index (χ1) is 25.9. The number of amides is 1. The molecule has 2 bridgehead atoms. The van der Waals surface area contributed by atoms with Crippen LogP contribution in [0, 0.1) is 29.6 Å². The number of rotatable bonds is 5. The van der Waals surface area contributed by atoms with Crippen LogP contribution in [0.1, 0.15) is 112 Å². The molecule has 3 fully saturated rings. The third kappa shape index (κ3) is 10.7. The van der Waals surface area contributed by atoms with E-state index < -0.39 is 83.9 Å². The van der Waals surface area contributed by atoms with E-state index in [2.05, 4.69) is 0 Å². The SMILES string of the molecule is CC[C@@H]1/C=C(\C)C[C@H](C)C[C@H](O)[C@H]2O[C@@](O)(C(=O)C(=O)N3CCCC[C@H]3C(=O)O[C@H](/C(C)=C/C3CC[C@@H](O)[C@H](OC)C3)[C@H](C)[C@@H](O)CC1=O)[C@H](C)C[C@@H]2OC. The minimum Gasteiger partial charge on any atom is -0.456 e. The molecule has 13 heteroatoms. The number of hydrogen-bond donors (Lipinski definition) is 4. The molecule has 2 saturated heterocycles. The largest absolute Gasteiger partial charge is 0.456 e. The molecule has 55 heavy (non-hydrogen) atoms. The van der Waals surface area contributed by atoms with Crippen LogP contribution in [0.25, 0.3) is 0 Å². The minimum absolute atomic E-state index is 0.00759. The first-order valence-corrected chi connectivity index (χ1v) is 20.4. The van der Waals surface area contributed by atoms with E-state index in [0.717, 1.165) is 10.5 Å². The number of allylic oxidation sites excluding steroid dienone is 3. The van der Waals surface area contributed by atoms with Crippen molar-refractivity contribution in [1.29, 1.82) is 0 Å². The van der Waals surface area contributed by atoms with Gasteiger partial charge in [-0.25, -0.2) is 4.79 Å². The first-order valence-electron chi connectivity index (χ1n) is 20.4. The predicted molar refractivity (Wildman–Crippen MR) is 203 cm³/mol. The summed E-state index contributed by atoms with van der Waals surface area (Å²) in [5.41, 5.74) is 1.58. The Labute approximate surface area is 326 Å². The van der Waals surface area contributed by atoms with Crippen molar-refractivity contribution < 1.29 is 58.6 Å². The number of ketones is 2. The molecule has 1 aliphatic carbocycles. The van der Waals surface area contributed by atoms with Crippen LogP contribution in [0.4, 0.5) is 0 Å². The van der Waals surface area contributed by atoms with Crippen LogP contribution in [0.2, 0.25) is 0 Å². The molecular formula is C42H67NO12. The van der Waals surface area contributed by atoms with Crippen LogP contribution >= 0.6 is 0 Å². The van der Waals surface area contributed by atoms with E-state index >= 15 is 0 Å². The van der Waals surface area contributed by atoms with Gasteiger partial charge >= 0.3 is 5.97 Å². The van der Waals surface area contributed by atoms with Gasteiger partial charge in [-0.15, -0.1) is 0 Å². The summed E-state index contributed by atoms with van der Waals surface area (Å²) >= 11 is 0. The fourth-order valence-corrected chi connectivity index (χ4v) is 9.19. The van der Waals surface area contributed by atoms with Crippen molar-refractivity contribution in [3.05, 3.63) is 23.3 Å². The molecule has 0 aromatic carbocycles. The number of ether oxygens (including phenoxy) is 4. The number of carbonyl (C=O) groups excluding carboxylic acids is 4. The quantitative estimate of drug-likeness (QED) is 0.180. The topological polar surface area (TPSA) is 189 Å². The number of piperidine rings is 1. The number of nitrogens with zero attached hydrogens (tertiary/aromatic N) is 1. The highest BCUT2D eigenvalue weighted by atomic mass is 16.7. The molecule has 4 aliphatic rings. The van der Waals surface area contributed by atoms with Crippen molar-refractivity contribution in [2.24, 2.45) is 29.6 Å². The normalized spacial score (nSPS) is 42.1. The maximum atomic E-state index is 14.2. The molecule has 1 amide bonds. The highest BCUT2D eigenvalue weighted by Crippen LogP contribution is 2.39. The van der Waals surface area contributed by atoms with Crippen molar-refractivity contribution in [2.45, 2.75) is 167 Å². The average Bonchev–Trinajstić information content (AvgIpc) is 3.15. The fraction of sp³-hybridized carbons (Fsp3) is 0.810.